The lowest BCUT2D eigenvalue weighted by Crippen LogP contribution is -2.37. The first-order valence-corrected chi connectivity index (χ1v) is 3.73. The van der Waals surface area contributed by atoms with Crippen LogP contribution in [0.4, 0.5) is 0 Å². The number of esters is 1. The van der Waals surface area contributed by atoms with E-state index in [1.165, 1.54) is 6.92 Å². The molecule has 1 rings (SSSR count). The molecule has 0 aromatic carbocycles. The molecule has 0 spiro atoms. The molecule has 1 heterocycles. The first kappa shape index (κ1) is 8.49. The summed E-state index contributed by atoms with van der Waals surface area (Å²) in [5.41, 5.74) is 5.49. The minimum absolute atomic E-state index is 0.0451. The number of rotatable bonds is 1. The Kier molecular flexibility index (Phi) is 2.84. The predicted octanol–water partition coefficient (Wildman–Crippen LogP) is 0.0133. The van der Waals surface area contributed by atoms with E-state index in [2.05, 4.69) is 0 Å². The van der Waals surface area contributed by atoms with E-state index in [0.717, 1.165) is 6.42 Å². The van der Waals surface area contributed by atoms with E-state index >= 15 is 0 Å². The quantitative estimate of drug-likeness (QED) is 0.547. The van der Waals surface area contributed by atoms with Crippen molar-refractivity contribution in [3.63, 3.8) is 0 Å². The van der Waals surface area contributed by atoms with Crippen LogP contribution in [0.5, 0.6) is 0 Å². The lowest BCUT2D eigenvalue weighted by molar-refractivity contribution is -0.153. The minimum atomic E-state index is -0.270. The van der Waals surface area contributed by atoms with Crippen molar-refractivity contribution in [1.29, 1.82) is 0 Å². The van der Waals surface area contributed by atoms with Gasteiger partial charge in [0.2, 0.25) is 0 Å². The largest absolute Gasteiger partial charge is 0.462 e. The molecule has 11 heavy (non-hydrogen) atoms. The van der Waals surface area contributed by atoms with Gasteiger partial charge in [-0.1, -0.05) is 0 Å². The zero-order chi connectivity index (χ0) is 8.27. The molecule has 0 aliphatic carbocycles. The third-order valence-corrected chi connectivity index (χ3v) is 1.60. The van der Waals surface area contributed by atoms with Gasteiger partial charge >= 0.3 is 5.97 Å². The molecule has 0 amide bonds. The molecule has 1 fully saturated rings. The highest BCUT2D eigenvalue weighted by Gasteiger charge is 2.21. The number of hydrogen-bond acceptors (Lipinski definition) is 4. The fourth-order valence-corrected chi connectivity index (χ4v) is 1.14. The van der Waals surface area contributed by atoms with Crippen LogP contribution in [0, 0.1) is 0 Å². The average Bonchev–Trinajstić information content (AvgIpc) is 1.85. The smallest absolute Gasteiger partial charge is 0.302 e. The van der Waals surface area contributed by atoms with Crippen molar-refractivity contribution in [3.8, 4) is 0 Å². The Bertz CT molecular complexity index is 149. The van der Waals surface area contributed by atoms with Gasteiger partial charge in [-0.3, -0.25) is 4.79 Å². The van der Waals surface area contributed by atoms with Crippen molar-refractivity contribution in [2.24, 2.45) is 5.73 Å². The summed E-state index contributed by atoms with van der Waals surface area (Å²) in [6.45, 7) is 1.99. The van der Waals surface area contributed by atoms with E-state index < -0.39 is 0 Å². The molecule has 2 N–H and O–H groups in total. The minimum Gasteiger partial charge on any atom is -0.462 e. The summed E-state index contributed by atoms with van der Waals surface area (Å²) in [4.78, 5) is 10.5. The second-order valence-corrected chi connectivity index (χ2v) is 2.67. The van der Waals surface area contributed by atoms with Gasteiger partial charge in [-0.05, 0) is 0 Å². The van der Waals surface area contributed by atoms with Crippen LogP contribution in [-0.4, -0.2) is 24.9 Å². The number of hydrogen-bond donors (Lipinski definition) is 1. The fraction of sp³-hybridized carbons (Fsp3) is 0.857. The van der Waals surface area contributed by atoms with Crippen molar-refractivity contribution in [3.05, 3.63) is 0 Å². The first-order valence-electron chi connectivity index (χ1n) is 3.73. The van der Waals surface area contributed by atoms with Gasteiger partial charge in [0.05, 0.1) is 6.61 Å². The van der Waals surface area contributed by atoms with Crippen molar-refractivity contribution in [1.82, 2.24) is 0 Å². The molecular weight excluding hydrogens is 146 g/mol. The molecule has 0 saturated carbocycles. The maximum absolute atomic E-state index is 10.5. The Morgan fingerprint density at radius 1 is 1.73 bits per heavy atom. The number of carbonyl (C=O) groups is 1. The summed E-state index contributed by atoms with van der Waals surface area (Å²) in [5.74, 6) is -0.246. The standard InChI is InChI=1S/C7H13NO3/c1-5(9)11-6-2-3-10-7(8)4-6/h6-7H,2-4,8H2,1H3. The molecule has 1 aliphatic rings. The molecule has 2 atom stereocenters. The van der Waals surface area contributed by atoms with Crippen LogP contribution in [0.1, 0.15) is 19.8 Å². The van der Waals surface area contributed by atoms with Crippen LogP contribution in [-0.2, 0) is 14.3 Å². The SMILES string of the molecule is CC(=O)OC1CCOC(N)C1. The Balaban J connectivity index is 2.28. The average molecular weight is 159 g/mol. The Morgan fingerprint density at radius 2 is 2.45 bits per heavy atom. The Labute approximate surface area is 65.7 Å². The predicted molar refractivity (Wildman–Crippen MR) is 38.7 cm³/mol. The van der Waals surface area contributed by atoms with Crippen molar-refractivity contribution in [2.75, 3.05) is 6.61 Å². The third kappa shape index (κ3) is 2.86. The van der Waals surface area contributed by atoms with Crippen molar-refractivity contribution in [2.45, 2.75) is 32.1 Å². The normalized spacial score (nSPS) is 31.5. The van der Waals surface area contributed by atoms with E-state index in [1.54, 1.807) is 0 Å². The molecule has 64 valence electrons. The zero-order valence-electron chi connectivity index (χ0n) is 6.58. The fourth-order valence-electron chi connectivity index (χ4n) is 1.14. The molecule has 0 radical (unpaired) electrons. The highest BCUT2D eigenvalue weighted by Crippen LogP contribution is 2.13. The van der Waals surface area contributed by atoms with Gasteiger partial charge in [-0.25, -0.2) is 0 Å². The summed E-state index contributed by atoms with van der Waals surface area (Å²) in [7, 11) is 0. The van der Waals surface area contributed by atoms with Crippen LogP contribution < -0.4 is 5.73 Å². The molecule has 4 heteroatoms. The highest BCUT2D eigenvalue weighted by atomic mass is 16.6. The van der Waals surface area contributed by atoms with Gasteiger partial charge in [0.1, 0.15) is 12.3 Å². The van der Waals surface area contributed by atoms with E-state index in [4.69, 9.17) is 15.2 Å². The summed E-state index contributed by atoms with van der Waals surface area (Å²) >= 11 is 0. The van der Waals surface area contributed by atoms with Crippen LogP contribution in [0.15, 0.2) is 0 Å². The van der Waals surface area contributed by atoms with Gasteiger partial charge in [0.25, 0.3) is 0 Å². The zero-order valence-corrected chi connectivity index (χ0v) is 6.58. The van der Waals surface area contributed by atoms with E-state index in [1.807, 2.05) is 0 Å². The van der Waals surface area contributed by atoms with Gasteiger partial charge in [-0.15, -0.1) is 0 Å². The Morgan fingerprint density at radius 3 is 3.00 bits per heavy atom. The lowest BCUT2D eigenvalue weighted by atomic mass is 10.1. The maximum Gasteiger partial charge on any atom is 0.302 e. The van der Waals surface area contributed by atoms with Gasteiger partial charge in [0, 0.05) is 19.8 Å². The monoisotopic (exact) mass is 159 g/mol. The molecule has 0 bridgehead atoms. The molecule has 0 aromatic heterocycles. The number of ether oxygens (including phenoxy) is 2. The van der Waals surface area contributed by atoms with Gasteiger partial charge < -0.3 is 15.2 Å². The van der Waals surface area contributed by atoms with Crippen LogP contribution in [0.3, 0.4) is 0 Å². The van der Waals surface area contributed by atoms with E-state index in [0.29, 0.717) is 13.0 Å². The second-order valence-electron chi connectivity index (χ2n) is 2.67. The van der Waals surface area contributed by atoms with Crippen LogP contribution in [0.25, 0.3) is 0 Å². The first-order chi connectivity index (χ1) is 5.18. The maximum atomic E-state index is 10.5. The van der Waals surface area contributed by atoms with Gasteiger partial charge in [-0.2, -0.15) is 0 Å². The molecule has 1 saturated heterocycles. The molecule has 1 aliphatic heterocycles. The summed E-state index contributed by atoms with van der Waals surface area (Å²) in [6.07, 6.45) is 1.05. The summed E-state index contributed by atoms with van der Waals surface area (Å²) in [6, 6.07) is 0. The van der Waals surface area contributed by atoms with E-state index in [9.17, 15) is 4.79 Å². The molecule has 0 aromatic rings. The van der Waals surface area contributed by atoms with E-state index in [-0.39, 0.29) is 18.3 Å². The molecule has 4 nitrogen and oxygen atoms in total. The van der Waals surface area contributed by atoms with Crippen LogP contribution in [0.2, 0.25) is 0 Å². The van der Waals surface area contributed by atoms with Crippen molar-refractivity contribution < 1.29 is 14.3 Å². The second kappa shape index (κ2) is 3.69. The molecular formula is C7H13NO3. The summed E-state index contributed by atoms with van der Waals surface area (Å²) < 4.78 is 10.0. The third-order valence-electron chi connectivity index (χ3n) is 1.60. The summed E-state index contributed by atoms with van der Waals surface area (Å²) in [5, 5.41) is 0. The highest BCUT2D eigenvalue weighted by molar-refractivity contribution is 5.66. The number of nitrogens with two attached hydrogens (primary N) is 1. The lowest BCUT2D eigenvalue weighted by Gasteiger charge is -2.26. The van der Waals surface area contributed by atoms with Gasteiger partial charge in [0.15, 0.2) is 0 Å². The van der Waals surface area contributed by atoms with Crippen LogP contribution >= 0.6 is 0 Å². The van der Waals surface area contributed by atoms with Crippen molar-refractivity contribution >= 4 is 5.97 Å². The Hall–Kier alpha value is -0.610. The molecule has 2 unspecified atom stereocenters. The number of carbonyl (C=O) groups excluding carboxylic acids is 1. The topological polar surface area (TPSA) is 61.5 Å².